The van der Waals surface area contributed by atoms with Gasteiger partial charge in [-0.2, -0.15) is 0 Å². The molecule has 1 atom stereocenters. The van der Waals surface area contributed by atoms with Gasteiger partial charge in [-0.25, -0.2) is 0 Å². The van der Waals surface area contributed by atoms with Gasteiger partial charge in [0, 0.05) is 26.6 Å². The van der Waals surface area contributed by atoms with Crippen LogP contribution in [0, 0.1) is 11.3 Å². The van der Waals surface area contributed by atoms with Crippen molar-refractivity contribution < 1.29 is 4.74 Å². The lowest BCUT2D eigenvalue weighted by Crippen LogP contribution is -2.31. The quantitative estimate of drug-likeness (QED) is 0.715. The Morgan fingerprint density at radius 3 is 2.88 bits per heavy atom. The van der Waals surface area contributed by atoms with E-state index in [1.54, 1.807) is 7.11 Å². The molecule has 2 rings (SSSR count). The van der Waals surface area contributed by atoms with Crippen LogP contribution >= 0.6 is 12.2 Å². The van der Waals surface area contributed by atoms with Gasteiger partial charge in [-0.15, -0.1) is 0 Å². The van der Waals surface area contributed by atoms with Crippen molar-refractivity contribution in [3.05, 3.63) is 0 Å². The van der Waals surface area contributed by atoms with Crippen LogP contribution < -0.4 is 5.73 Å². The minimum Gasteiger partial charge on any atom is -0.393 e. The molecule has 4 heteroatoms. The van der Waals surface area contributed by atoms with E-state index in [1.165, 1.54) is 38.9 Å². The highest BCUT2D eigenvalue weighted by Gasteiger charge is 2.44. The Hall–Kier alpha value is -0.190. The number of thiocarbonyl (C=S) groups is 1. The molecule has 2 N–H and O–H groups in total. The molecule has 1 aliphatic carbocycles. The number of hydrogen-bond acceptors (Lipinski definition) is 3. The van der Waals surface area contributed by atoms with Crippen LogP contribution in [0.25, 0.3) is 0 Å². The van der Waals surface area contributed by atoms with Crippen LogP contribution in [0.3, 0.4) is 0 Å². The summed E-state index contributed by atoms with van der Waals surface area (Å²) < 4.78 is 5.22. The summed E-state index contributed by atoms with van der Waals surface area (Å²) in [4.78, 5) is 3.25. The lowest BCUT2D eigenvalue weighted by atomic mass is 10.0. The zero-order chi connectivity index (χ0) is 11.6. The Morgan fingerprint density at radius 1 is 1.56 bits per heavy atom. The van der Waals surface area contributed by atoms with Gasteiger partial charge in [0.1, 0.15) is 0 Å². The lowest BCUT2D eigenvalue weighted by molar-refractivity contribution is 0.150. The van der Waals surface area contributed by atoms with E-state index in [2.05, 4.69) is 4.90 Å². The van der Waals surface area contributed by atoms with Gasteiger partial charge in [-0.3, -0.25) is 0 Å². The van der Waals surface area contributed by atoms with Crippen molar-refractivity contribution >= 4 is 17.2 Å². The average molecular weight is 242 g/mol. The largest absolute Gasteiger partial charge is 0.393 e. The number of ether oxygens (including phenoxy) is 1. The molecular weight excluding hydrogens is 220 g/mol. The molecule has 0 aromatic carbocycles. The lowest BCUT2D eigenvalue weighted by Gasteiger charge is -2.23. The van der Waals surface area contributed by atoms with Crippen LogP contribution in [-0.2, 0) is 4.74 Å². The van der Waals surface area contributed by atoms with E-state index in [0.717, 1.165) is 18.9 Å². The molecule has 0 radical (unpaired) electrons. The number of nitrogens with zero attached hydrogens (tertiary/aromatic N) is 1. The van der Waals surface area contributed by atoms with Crippen molar-refractivity contribution in [2.45, 2.75) is 25.7 Å². The van der Waals surface area contributed by atoms with Gasteiger partial charge in [-0.05, 0) is 37.1 Å². The molecule has 0 bridgehead atoms. The van der Waals surface area contributed by atoms with E-state index in [4.69, 9.17) is 22.7 Å². The van der Waals surface area contributed by atoms with Crippen LogP contribution in [0.4, 0.5) is 0 Å². The summed E-state index contributed by atoms with van der Waals surface area (Å²) in [6.07, 6.45) is 4.82. The van der Waals surface area contributed by atoms with Crippen molar-refractivity contribution in [2.75, 3.05) is 33.4 Å². The Morgan fingerprint density at radius 2 is 2.31 bits per heavy atom. The SMILES string of the molecule is COCC1CCN(CC2(CC(N)=S)CC2)C1. The average Bonchev–Trinajstić information content (AvgIpc) is 2.77. The summed E-state index contributed by atoms with van der Waals surface area (Å²) in [5.41, 5.74) is 6.10. The highest BCUT2D eigenvalue weighted by atomic mass is 32.1. The molecular formula is C12H22N2OS. The fraction of sp³-hybridized carbons (Fsp3) is 0.917. The van der Waals surface area contributed by atoms with Gasteiger partial charge >= 0.3 is 0 Å². The number of nitrogens with two attached hydrogens (primary N) is 1. The van der Waals surface area contributed by atoms with Crippen LogP contribution in [0.1, 0.15) is 25.7 Å². The molecule has 3 nitrogen and oxygen atoms in total. The summed E-state index contributed by atoms with van der Waals surface area (Å²) >= 11 is 5.03. The number of methoxy groups -OCH3 is 1. The van der Waals surface area contributed by atoms with E-state index in [0.29, 0.717) is 10.4 Å². The van der Waals surface area contributed by atoms with Crippen LogP contribution in [0.5, 0.6) is 0 Å². The second-order valence-corrected chi connectivity index (χ2v) is 6.01. The molecule has 1 saturated heterocycles. The monoisotopic (exact) mass is 242 g/mol. The van der Waals surface area contributed by atoms with E-state index < -0.39 is 0 Å². The highest BCUT2D eigenvalue weighted by molar-refractivity contribution is 7.80. The van der Waals surface area contributed by atoms with E-state index in [-0.39, 0.29) is 0 Å². The molecule has 0 aromatic heterocycles. The Labute approximate surface area is 103 Å². The van der Waals surface area contributed by atoms with Crippen molar-refractivity contribution in [1.82, 2.24) is 4.90 Å². The smallest absolute Gasteiger partial charge is 0.0733 e. The van der Waals surface area contributed by atoms with Crippen molar-refractivity contribution in [1.29, 1.82) is 0 Å². The predicted octanol–water partition coefficient (Wildman–Crippen LogP) is 1.41. The van der Waals surface area contributed by atoms with Crippen LogP contribution in [0.15, 0.2) is 0 Å². The minimum absolute atomic E-state index is 0.438. The summed E-state index contributed by atoms with van der Waals surface area (Å²) in [6.45, 7) is 4.49. The second kappa shape index (κ2) is 4.98. The Bertz CT molecular complexity index is 266. The molecule has 0 aromatic rings. The van der Waals surface area contributed by atoms with Gasteiger partial charge < -0.3 is 15.4 Å². The first-order valence-electron chi connectivity index (χ1n) is 6.13. The fourth-order valence-corrected chi connectivity index (χ4v) is 3.15. The molecule has 92 valence electrons. The summed E-state index contributed by atoms with van der Waals surface area (Å²) in [5, 5.41) is 0. The zero-order valence-corrected chi connectivity index (χ0v) is 10.9. The van der Waals surface area contributed by atoms with Crippen molar-refractivity contribution in [3.8, 4) is 0 Å². The topological polar surface area (TPSA) is 38.5 Å². The van der Waals surface area contributed by atoms with Crippen molar-refractivity contribution in [2.24, 2.45) is 17.1 Å². The molecule has 1 heterocycles. The molecule has 2 aliphatic rings. The molecule has 1 unspecified atom stereocenters. The normalized spacial score (nSPS) is 28.2. The number of hydrogen-bond donors (Lipinski definition) is 1. The summed E-state index contributed by atoms with van der Waals surface area (Å²) in [6, 6.07) is 0. The summed E-state index contributed by atoms with van der Waals surface area (Å²) in [7, 11) is 1.79. The maximum atomic E-state index is 5.66. The van der Waals surface area contributed by atoms with Gasteiger partial charge in [0.25, 0.3) is 0 Å². The van der Waals surface area contributed by atoms with E-state index >= 15 is 0 Å². The number of likely N-dealkylation sites (tertiary alicyclic amines) is 1. The highest BCUT2D eigenvalue weighted by Crippen LogP contribution is 2.49. The molecule has 16 heavy (non-hydrogen) atoms. The third kappa shape index (κ3) is 3.15. The first-order valence-corrected chi connectivity index (χ1v) is 6.54. The first kappa shape index (κ1) is 12.3. The molecule has 1 saturated carbocycles. The molecule has 1 aliphatic heterocycles. The molecule has 0 spiro atoms. The Balaban J connectivity index is 1.76. The number of rotatable bonds is 6. The maximum Gasteiger partial charge on any atom is 0.0733 e. The second-order valence-electron chi connectivity index (χ2n) is 5.49. The summed E-state index contributed by atoms with van der Waals surface area (Å²) in [5.74, 6) is 0.727. The fourth-order valence-electron chi connectivity index (χ4n) is 2.84. The van der Waals surface area contributed by atoms with Crippen LogP contribution in [-0.4, -0.2) is 43.2 Å². The molecule has 2 fully saturated rings. The van der Waals surface area contributed by atoms with Gasteiger partial charge in [0.15, 0.2) is 0 Å². The van der Waals surface area contributed by atoms with E-state index in [9.17, 15) is 0 Å². The van der Waals surface area contributed by atoms with Gasteiger partial charge in [0.2, 0.25) is 0 Å². The third-order valence-corrected chi connectivity index (χ3v) is 3.98. The minimum atomic E-state index is 0.438. The van der Waals surface area contributed by atoms with Crippen LogP contribution in [0.2, 0.25) is 0 Å². The van der Waals surface area contributed by atoms with Gasteiger partial charge in [0.05, 0.1) is 11.6 Å². The third-order valence-electron chi connectivity index (χ3n) is 3.84. The Kier molecular flexibility index (Phi) is 3.82. The molecule has 0 amide bonds. The maximum absolute atomic E-state index is 5.66. The zero-order valence-electron chi connectivity index (χ0n) is 10.1. The predicted molar refractivity (Wildman–Crippen MR) is 69.5 cm³/mol. The standard InChI is InChI=1S/C12H22N2OS/c1-15-8-10-2-5-14(7-10)9-12(3-4-12)6-11(13)16/h10H,2-9H2,1H3,(H2,13,16). The van der Waals surface area contributed by atoms with Crippen molar-refractivity contribution in [3.63, 3.8) is 0 Å². The van der Waals surface area contributed by atoms with Gasteiger partial charge in [-0.1, -0.05) is 12.2 Å². The first-order chi connectivity index (χ1) is 7.63. The van der Waals surface area contributed by atoms with E-state index in [1.807, 2.05) is 0 Å².